The van der Waals surface area contributed by atoms with Crippen molar-refractivity contribution in [2.24, 2.45) is 5.41 Å². The van der Waals surface area contributed by atoms with Gasteiger partial charge < -0.3 is 5.73 Å². The van der Waals surface area contributed by atoms with E-state index in [2.05, 4.69) is 23.2 Å². The van der Waals surface area contributed by atoms with Gasteiger partial charge in [0.05, 0.1) is 0 Å². The highest BCUT2D eigenvalue weighted by atomic mass is 32.1. The number of hydrogen-bond acceptors (Lipinski definition) is 4. The fraction of sp³-hybridized carbons (Fsp3) is 0.714. The van der Waals surface area contributed by atoms with Gasteiger partial charge in [0.25, 0.3) is 0 Å². The molecule has 0 aliphatic heterocycles. The summed E-state index contributed by atoms with van der Waals surface area (Å²) in [5.41, 5.74) is 5.86. The van der Waals surface area contributed by atoms with Crippen LogP contribution in [0.1, 0.15) is 31.2 Å². The fourth-order valence-electron chi connectivity index (χ4n) is 1.28. The number of anilines is 1. The Kier molecular flexibility index (Phi) is 1.24. The molecule has 3 nitrogen and oxygen atoms in total. The van der Waals surface area contributed by atoms with Gasteiger partial charge in [-0.15, -0.1) is 0 Å². The molecule has 1 aromatic heterocycles. The Hall–Kier alpha value is -0.640. The Bertz CT molecular complexity index is 279. The van der Waals surface area contributed by atoms with Crippen LogP contribution in [-0.2, 0) is 0 Å². The number of nitrogens with two attached hydrogens (primary N) is 1. The van der Waals surface area contributed by atoms with E-state index in [1.54, 1.807) is 0 Å². The summed E-state index contributed by atoms with van der Waals surface area (Å²) < 4.78 is 3.95. The van der Waals surface area contributed by atoms with Gasteiger partial charge in [0.15, 0.2) is 0 Å². The minimum atomic E-state index is 0.424. The molecule has 1 aromatic rings. The van der Waals surface area contributed by atoms with Crippen LogP contribution in [0.2, 0.25) is 0 Å². The highest BCUT2D eigenvalue weighted by Gasteiger charge is 2.48. The molecule has 2 rings (SSSR count). The van der Waals surface area contributed by atoms with E-state index in [9.17, 15) is 0 Å². The zero-order valence-corrected chi connectivity index (χ0v) is 7.48. The van der Waals surface area contributed by atoms with E-state index >= 15 is 0 Å². The molecule has 1 aliphatic carbocycles. The van der Waals surface area contributed by atoms with Gasteiger partial charge in [-0.25, -0.2) is 4.98 Å². The van der Waals surface area contributed by atoms with Crippen LogP contribution in [0, 0.1) is 5.41 Å². The van der Waals surface area contributed by atoms with Crippen LogP contribution in [0.5, 0.6) is 0 Å². The third kappa shape index (κ3) is 1.11. The molecule has 4 heteroatoms. The molecule has 1 unspecified atom stereocenters. The van der Waals surface area contributed by atoms with Crippen LogP contribution < -0.4 is 5.73 Å². The molecule has 60 valence electrons. The summed E-state index contributed by atoms with van der Waals surface area (Å²) in [6, 6.07) is 0. The second-order valence-electron chi connectivity index (χ2n) is 3.74. The van der Waals surface area contributed by atoms with Crippen LogP contribution in [0.4, 0.5) is 5.95 Å². The third-order valence-electron chi connectivity index (χ3n) is 2.27. The molecule has 0 saturated heterocycles. The molecule has 0 spiro atoms. The first-order valence-electron chi connectivity index (χ1n) is 3.69. The second-order valence-corrected chi connectivity index (χ2v) is 4.52. The van der Waals surface area contributed by atoms with Gasteiger partial charge in [0.1, 0.15) is 5.01 Å². The number of hydrogen-bond donors (Lipinski definition) is 1. The SMILES string of the molecule is CC1(C)CC1c1nc(N)ns1. The van der Waals surface area contributed by atoms with Crippen molar-refractivity contribution in [3.63, 3.8) is 0 Å². The van der Waals surface area contributed by atoms with Crippen molar-refractivity contribution in [2.75, 3.05) is 5.73 Å². The zero-order valence-electron chi connectivity index (χ0n) is 6.66. The van der Waals surface area contributed by atoms with Crippen LogP contribution in [0.3, 0.4) is 0 Å². The van der Waals surface area contributed by atoms with Gasteiger partial charge in [-0.1, -0.05) is 13.8 Å². The molecular formula is C7H11N3S. The van der Waals surface area contributed by atoms with E-state index in [-0.39, 0.29) is 0 Å². The summed E-state index contributed by atoms with van der Waals surface area (Å²) in [5.74, 6) is 1.03. The summed E-state index contributed by atoms with van der Waals surface area (Å²) in [6.45, 7) is 4.49. The van der Waals surface area contributed by atoms with Crippen molar-refractivity contribution in [2.45, 2.75) is 26.2 Å². The molecular weight excluding hydrogens is 158 g/mol. The maximum atomic E-state index is 5.42. The number of rotatable bonds is 1. The van der Waals surface area contributed by atoms with E-state index in [4.69, 9.17) is 5.73 Å². The maximum Gasteiger partial charge on any atom is 0.232 e. The minimum Gasteiger partial charge on any atom is -0.367 e. The van der Waals surface area contributed by atoms with Gasteiger partial charge in [0.2, 0.25) is 5.95 Å². The summed E-state index contributed by atoms with van der Waals surface area (Å²) in [7, 11) is 0. The molecule has 1 aliphatic rings. The molecule has 2 N–H and O–H groups in total. The second kappa shape index (κ2) is 1.94. The van der Waals surface area contributed by atoms with Crippen molar-refractivity contribution < 1.29 is 0 Å². The lowest BCUT2D eigenvalue weighted by molar-refractivity contribution is 0.620. The molecule has 1 fully saturated rings. The van der Waals surface area contributed by atoms with Crippen molar-refractivity contribution in [3.8, 4) is 0 Å². The number of nitrogen functional groups attached to an aromatic ring is 1. The van der Waals surface area contributed by atoms with E-state index in [0.29, 0.717) is 17.3 Å². The lowest BCUT2D eigenvalue weighted by Gasteiger charge is -1.96. The molecule has 0 amide bonds. The fourth-order valence-corrected chi connectivity index (χ4v) is 2.17. The standard InChI is InChI=1S/C7H11N3S/c1-7(2)3-4(7)5-9-6(8)10-11-5/h4H,3H2,1-2H3,(H2,8,10). The molecule has 0 radical (unpaired) electrons. The monoisotopic (exact) mass is 169 g/mol. The zero-order chi connectivity index (χ0) is 8.06. The van der Waals surface area contributed by atoms with Crippen LogP contribution >= 0.6 is 11.5 Å². The summed E-state index contributed by atoms with van der Waals surface area (Å²) >= 11 is 1.44. The molecule has 1 atom stereocenters. The predicted octanol–water partition coefficient (Wildman–Crippen LogP) is 1.63. The Morgan fingerprint density at radius 2 is 2.27 bits per heavy atom. The predicted molar refractivity (Wildman–Crippen MR) is 45.5 cm³/mol. The Morgan fingerprint density at radius 3 is 2.64 bits per heavy atom. The summed E-state index contributed by atoms with van der Waals surface area (Å²) in [5, 5.41) is 1.10. The van der Waals surface area contributed by atoms with Gasteiger partial charge in [0, 0.05) is 5.92 Å². The van der Waals surface area contributed by atoms with E-state index < -0.39 is 0 Å². The lowest BCUT2D eigenvalue weighted by Crippen LogP contribution is -1.90. The highest BCUT2D eigenvalue weighted by molar-refractivity contribution is 7.05. The van der Waals surface area contributed by atoms with Crippen molar-refractivity contribution in [3.05, 3.63) is 5.01 Å². The highest BCUT2D eigenvalue weighted by Crippen LogP contribution is 2.58. The molecule has 11 heavy (non-hydrogen) atoms. The summed E-state index contributed by atoms with van der Waals surface area (Å²) in [4.78, 5) is 4.15. The molecule has 1 heterocycles. The van der Waals surface area contributed by atoms with Crippen molar-refractivity contribution >= 4 is 17.5 Å². The first-order valence-corrected chi connectivity index (χ1v) is 4.46. The van der Waals surface area contributed by atoms with Gasteiger partial charge in [-0.2, -0.15) is 4.37 Å². The first kappa shape index (κ1) is 7.03. The quantitative estimate of drug-likeness (QED) is 0.695. The van der Waals surface area contributed by atoms with E-state index in [0.717, 1.165) is 5.01 Å². The average Bonchev–Trinajstić information content (AvgIpc) is 2.39. The van der Waals surface area contributed by atoms with Crippen molar-refractivity contribution in [1.82, 2.24) is 9.36 Å². The van der Waals surface area contributed by atoms with E-state index in [1.807, 2.05) is 0 Å². The third-order valence-corrected chi connectivity index (χ3v) is 3.11. The molecule has 0 bridgehead atoms. The Labute approximate surface area is 69.8 Å². The topological polar surface area (TPSA) is 51.8 Å². The van der Waals surface area contributed by atoms with Crippen molar-refractivity contribution in [1.29, 1.82) is 0 Å². The average molecular weight is 169 g/mol. The smallest absolute Gasteiger partial charge is 0.232 e. The van der Waals surface area contributed by atoms with E-state index in [1.165, 1.54) is 18.0 Å². The van der Waals surface area contributed by atoms with Crippen LogP contribution in [-0.4, -0.2) is 9.36 Å². The lowest BCUT2D eigenvalue weighted by atomic mass is 10.1. The Balaban J connectivity index is 2.20. The van der Waals surface area contributed by atoms with Gasteiger partial charge in [-0.3, -0.25) is 0 Å². The van der Waals surface area contributed by atoms with Crippen LogP contribution in [0.25, 0.3) is 0 Å². The Morgan fingerprint density at radius 1 is 1.64 bits per heavy atom. The first-order chi connectivity index (χ1) is 5.09. The van der Waals surface area contributed by atoms with Gasteiger partial charge >= 0.3 is 0 Å². The molecule has 1 saturated carbocycles. The molecule has 0 aromatic carbocycles. The minimum absolute atomic E-state index is 0.424. The maximum absolute atomic E-state index is 5.42. The summed E-state index contributed by atoms with van der Waals surface area (Å²) in [6.07, 6.45) is 1.22. The number of aromatic nitrogens is 2. The number of nitrogens with zero attached hydrogens (tertiary/aromatic N) is 2. The van der Waals surface area contributed by atoms with Crippen LogP contribution in [0.15, 0.2) is 0 Å². The normalized spacial score (nSPS) is 26.9. The largest absolute Gasteiger partial charge is 0.367 e. The van der Waals surface area contributed by atoms with Gasteiger partial charge in [-0.05, 0) is 23.4 Å².